The molecule has 1 N–H and O–H groups in total. The number of anilines is 1. The Balaban J connectivity index is 2.56. The molecule has 0 bridgehead atoms. The monoisotopic (exact) mass is 183 g/mol. The van der Waals surface area contributed by atoms with E-state index in [2.05, 4.69) is 5.32 Å². The topological polar surface area (TPSA) is 21.3 Å². The first-order valence-electron chi connectivity index (χ1n) is 4.23. The Bertz CT molecular complexity index is 276. The summed E-state index contributed by atoms with van der Waals surface area (Å²) < 4.78 is 18.0. The van der Waals surface area contributed by atoms with Gasteiger partial charge in [0.15, 0.2) is 0 Å². The summed E-state index contributed by atoms with van der Waals surface area (Å²) in [6.45, 7) is 3.06. The van der Waals surface area contributed by atoms with Crippen molar-refractivity contribution in [3.63, 3.8) is 0 Å². The van der Waals surface area contributed by atoms with E-state index in [1.54, 1.807) is 13.2 Å². The van der Waals surface area contributed by atoms with Crippen LogP contribution in [0.25, 0.3) is 0 Å². The molecule has 0 unspecified atom stereocenters. The molecule has 1 rings (SSSR count). The van der Waals surface area contributed by atoms with Crippen LogP contribution in [0.5, 0.6) is 0 Å². The van der Waals surface area contributed by atoms with Gasteiger partial charge >= 0.3 is 0 Å². The summed E-state index contributed by atoms with van der Waals surface area (Å²) in [5.74, 6) is -0.212. The van der Waals surface area contributed by atoms with Gasteiger partial charge in [-0.3, -0.25) is 0 Å². The Kier molecular flexibility index (Phi) is 3.71. The molecule has 0 saturated heterocycles. The first kappa shape index (κ1) is 9.99. The van der Waals surface area contributed by atoms with Crippen molar-refractivity contribution in [1.82, 2.24) is 0 Å². The van der Waals surface area contributed by atoms with Crippen LogP contribution in [0.4, 0.5) is 10.1 Å². The first-order chi connectivity index (χ1) is 6.24. The lowest BCUT2D eigenvalue weighted by Gasteiger charge is -2.06. The van der Waals surface area contributed by atoms with E-state index in [1.807, 2.05) is 13.0 Å². The second kappa shape index (κ2) is 4.82. The number of hydrogen-bond acceptors (Lipinski definition) is 2. The molecule has 0 aliphatic heterocycles. The van der Waals surface area contributed by atoms with Crippen molar-refractivity contribution in [3.8, 4) is 0 Å². The molecule has 0 aliphatic carbocycles. The lowest BCUT2D eigenvalue weighted by atomic mass is 10.2. The Morgan fingerprint density at radius 2 is 2.23 bits per heavy atom. The summed E-state index contributed by atoms with van der Waals surface area (Å²) in [6, 6.07) is 5.12. The average Bonchev–Trinajstić information content (AvgIpc) is 2.09. The molecule has 0 atom stereocenters. The minimum absolute atomic E-state index is 0.212. The van der Waals surface area contributed by atoms with Crippen LogP contribution in [0, 0.1) is 12.7 Å². The zero-order valence-corrected chi connectivity index (χ0v) is 7.93. The molecule has 0 aromatic heterocycles. The number of halogens is 1. The summed E-state index contributed by atoms with van der Waals surface area (Å²) >= 11 is 0. The minimum Gasteiger partial charge on any atom is -0.383 e. The second-order valence-electron chi connectivity index (χ2n) is 2.90. The fraction of sp³-hybridized carbons (Fsp3) is 0.400. The Labute approximate surface area is 77.7 Å². The van der Waals surface area contributed by atoms with Crippen LogP contribution in [0.15, 0.2) is 18.2 Å². The van der Waals surface area contributed by atoms with Crippen molar-refractivity contribution in [2.75, 3.05) is 25.6 Å². The molecule has 0 saturated carbocycles. The smallest absolute Gasteiger partial charge is 0.146 e. The molecule has 2 nitrogen and oxygen atoms in total. The lowest BCUT2D eigenvalue weighted by Crippen LogP contribution is -2.08. The normalized spacial score (nSPS) is 10.1. The number of ether oxygens (including phenoxy) is 1. The quantitative estimate of drug-likeness (QED) is 0.722. The summed E-state index contributed by atoms with van der Waals surface area (Å²) in [7, 11) is 1.62. The molecule has 1 aromatic rings. The van der Waals surface area contributed by atoms with E-state index in [9.17, 15) is 4.39 Å². The highest BCUT2D eigenvalue weighted by molar-refractivity contribution is 5.45. The van der Waals surface area contributed by atoms with Crippen LogP contribution in [-0.4, -0.2) is 20.3 Å². The average molecular weight is 183 g/mol. The standard InChI is InChI=1S/C10H14FNO/c1-8-3-4-10(9(11)7-8)12-5-6-13-2/h3-4,7,12H,5-6H2,1-2H3. The van der Waals surface area contributed by atoms with Crippen LogP contribution in [0.2, 0.25) is 0 Å². The van der Waals surface area contributed by atoms with Gasteiger partial charge in [0.25, 0.3) is 0 Å². The molecular weight excluding hydrogens is 169 g/mol. The maximum absolute atomic E-state index is 13.2. The van der Waals surface area contributed by atoms with Gasteiger partial charge in [-0.1, -0.05) is 6.07 Å². The van der Waals surface area contributed by atoms with Gasteiger partial charge in [-0.15, -0.1) is 0 Å². The van der Waals surface area contributed by atoms with Crippen molar-refractivity contribution < 1.29 is 9.13 Å². The number of nitrogens with one attached hydrogen (secondary N) is 1. The minimum atomic E-state index is -0.212. The van der Waals surface area contributed by atoms with Crippen LogP contribution < -0.4 is 5.32 Å². The lowest BCUT2D eigenvalue weighted by molar-refractivity contribution is 0.210. The molecule has 0 fully saturated rings. The molecule has 13 heavy (non-hydrogen) atoms. The predicted molar refractivity (Wildman–Crippen MR) is 51.5 cm³/mol. The van der Waals surface area contributed by atoms with Gasteiger partial charge in [0, 0.05) is 13.7 Å². The van der Waals surface area contributed by atoms with E-state index in [0.29, 0.717) is 18.8 Å². The number of methoxy groups -OCH3 is 1. The zero-order chi connectivity index (χ0) is 9.68. The van der Waals surface area contributed by atoms with Gasteiger partial charge in [0.1, 0.15) is 5.82 Å². The van der Waals surface area contributed by atoms with Gasteiger partial charge in [-0.05, 0) is 24.6 Å². The molecule has 3 heteroatoms. The molecule has 0 heterocycles. The predicted octanol–water partition coefficient (Wildman–Crippen LogP) is 2.19. The fourth-order valence-electron chi connectivity index (χ4n) is 1.05. The highest BCUT2D eigenvalue weighted by Gasteiger charge is 1.99. The third-order valence-electron chi connectivity index (χ3n) is 1.75. The first-order valence-corrected chi connectivity index (χ1v) is 4.23. The molecule has 0 radical (unpaired) electrons. The van der Waals surface area contributed by atoms with Crippen molar-refractivity contribution in [2.24, 2.45) is 0 Å². The molecule has 0 amide bonds. The van der Waals surface area contributed by atoms with Crippen molar-refractivity contribution in [3.05, 3.63) is 29.6 Å². The third-order valence-corrected chi connectivity index (χ3v) is 1.75. The largest absolute Gasteiger partial charge is 0.383 e. The maximum Gasteiger partial charge on any atom is 0.146 e. The van der Waals surface area contributed by atoms with E-state index < -0.39 is 0 Å². The summed E-state index contributed by atoms with van der Waals surface area (Å²) in [5.41, 5.74) is 1.46. The molecule has 72 valence electrons. The molecule has 0 aliphatic rings. The number of rotatable bonds is 4. The zero-order valence-electron chi connectivity index (χ0n) is 7.93. The van der Waals surface area contributed by atoms with Crippen LogP contribution >= 0.6 is 0 Å². The molecular formula is C10H14FNO. The van der Waals surface area contributed by atoms with Crippen molar-refractivity contribution in [2.45, 2.75) is 6.92 Å². The van der Waals surface area contributed by atoms with Gasteiger partial charge in [0.05, 0.1) is 12.3 Å². The summed E-state index contributed by atoms with van der Waals surface area (Å²) in [4.78, 5) is 0. The second-order valence-corrected chi connectivity index (χ2v) is 2.90. The summed E-state index contributed by atoms with van der Waals surface area (Å²) in [5, 5.41) is 2.94. The van der Waals surface area contributed by atoms with Crippen LogP contribution in [-0.2, 0) is 4.74 Å². The van der Waals surface area contributed by atoms with E-state index in [-0.39, 0.29) is 5.82 Å². The number of benzene rings is 1. The maximum atomic E-state index is 13.2. The Hall–Kier alpha value is -1.09. The van der Waals surface area contributed by atoms with Crippen LogP contribution in [0.1, 0.15) is 5.56 Å². The third kappa shape index (κ3) is 3.03. The van der Waals surface area contributed by atoms with E-state index in [1.165, 1.54) is 6.07 Å². The number of aryl methyl sites for hydroxylation is 1. The fourth-order valence-corrected chi connectivity index (χ4v) is 1.05. The Morgan fingerprint density at radius 1 is 1.46 bits per heavy atom. The van der Waals surface area contributed by atoms with Crippen molar-refractivity contribution >= 4 is 5.69 Å². The molecule has 1 aromatic carbocycles. The highest BCUT2D eigenvalue weighted by atomic mass is 19.1. The summed E-state index contributed by atoms with van der Waals surface area (Å²) in [6.07, 6.45) is 0. The van der Waals surface area contributed by atoms with Gasteiger partial charge in [-0.25, -0.2) is 4.39 Å². The van der Waals surface area contributed by atoms with E-state index in [4.69, 9.17) is 4.74 Å². The van der Waals surface area contributed by atoms with Crippen molar-refractivity contribution in [1.29, 1.82) is 0 Å². The van der Waals surface area contributed by atoms with Crippen LogP contribution in [0.3, 0.4) is 0 Å². The van der Waals surface area contributed by atoms with Gasteiger partial charge in [0.2, 0.25) is 0 Å². The molecule has 0 spiro atoms. The number of hydrogen-bond donors (Lipinski definition) is 1. The van der Waals surface area contributed by atoms with E-state index in [0.717, 1.165) is 5.56 Å². The highest BCUT2D eigenvalue weighted by Crippen LogP contribution is 2.14. The van der Waals surface area contributed by atoms with Gasteiger partial charge in [-0.2, -0.15) is 0 Å². The van der Waals surface area contributed by atoms with E-state index >= 15 is 0 Å². The van der Waals surface area contributed by atoms with Gasteiger partial charge < -0.3 is 10.1 Å². The SMILES string of the molecule is COCCNc1ccc(C)cc1F. The Morgan fingerprint density at radius 3 is 2.85 bits per heavy atom.